The molecule has 156 valence electrons. The van der Waals surface area contributed by atoms with Gasteiger partial charge in [0.15, 0.2) is 0 Å². The topological polar surface area (TPSA) is 19.0 Å². The number of hydrogen-bond acceptors (Lipinski definition) is 4. The van der Waals surface area contributed by atoms with Crippen LogP contribution in [0.4, 0.5) is 17.1 Å². The van der Waals surface area contributed by atoms with Crippen molar-refractivity contribution in [3.8, 4) is 5.75 Å². The Morgan fingerprint density at radius 1 is 0.862 bits per heavy atom. The minimum Gasteiger partial charge on any atom is -0.492 e. The van der Waals surface area contributed by atoms with E-state index in [2.05, 4.69) is 71.1 Å². The summed E-state index contributed by atoms with van der Waals surface area (Å²) in [6.07, 6.45) is 6.60. The van der Waals surface area contributed by atoms with Gasteiger partial charge in [0.2, 0.25) is 0 Å². The van der Waals surface area contributed by atoms with E-state index in [1.807, 2.05) is 0 Å². The van der Waals surface area contributed by atoms with Crippen LogP contribution < -0.4 is 14.5 Å². The summed E-state index contributed by atoms with van der Waals surface area (Å²) < 4.78 is 5.98. The number of piperidine rings is 1. The molecule has 4 nitrogen and oxygen atoms in total. The maximum atomic E-state index is 5.98. The van der Waals surface area contributed by atoms with Gasteiger partial charge in [0.25, 0.3) is 0 Å². The Hall–Kier alpha value is -2.20. The molecular weight excluding hydrogens is 358 g/mol. The van der Waals surface area contributed by atoms with Crippen LogP contribution in [0, 0.1) is 6.92 Å². The van der Waals surface area contributed by atoms with Crippen molar-refractivity contribution in [1.82, 2.24) is 4.90 Å². The van der Waals surface area contributed by atoms with Crippen LogP contribution in [0.1, 0.15) is 37.7 Å². The third kappa shape index (κ3) is 4.87. The number of nitrogens with zero attached hydrogens (tertiary/aromatic N) is 3. The molecule has 4 heteroatoms. The highest BCUT2D eigenvalue weighted by Crippen LogP contribution is 2.37. The third-order valence-electron chi connectivity index (χ3n) is 6.35. The largest absolute Gasteiger partial charge is 0.492 e. The maximum Gasteiger partial charge on any atom is 0.119 e. The maximum absolute atomic E-state index is 5.98. The number of ether oxygens (including phenoxy) is 1. The molecule has 2 aromatic carbocycles. The summed E-state index contributed by atoms with van der Waals surface area (Å²) in [7, 11) is 2.18. The summed E-state index contributed by atoms with van der Waals surface area (Å²) in [5.74, 6) is 0.961. The van der Waals surface area contributed by atoms with E-state index in [-0.39, 0.29) is 0 Å². The second-order valence-electron chi connectivity index (χ2n) is 8.44. The van der Waals surface area contributed by atoms with Gasteiger partial charge in [0.1, 0.15) is 12.4 Å². The van der Waals surface area contributed by atoms with E-state index in [1.165, 1.54) is 67.8 Å². The Morgan fingerprint density at radius 2 is 1.55 bits per heavy atom. The predicted molar refractivity (Wildman–Crippen MR) is 123 cm³/mol. The molecular formula is C25H35N3O. The molecule has 2 aliphatic rings. The van der Waals surface area contributed by atoms with Gasteiger partial charge < -0.3 is 14.5 Å². The van der Waals surface area contributed by atoms with Crippen molar-refractivity contribution in [3.05, 3.63) is 48.0 Å². The monoisotopic (exact) mass is 393 g/mol. The van der Waals surface area contributed by atoms with Crippen LogP contribution in [0.25, 0.3) is 0 Å². The van der Waals surface area contributed by atoms with Crippen LogP contribution in [0.2, 0.25) is 0 Å². The van der Waals surface area contributed by atoms with Crippen LogP contribution in [-0.4, -0.2) is 51.3 Å². The first kappa shape index (κ1) is 20.1. The molecule has 0 bridgehead atoms. The summed E-state index contributed by atoms with van der Waals surface area (Å²) in [5.41, 5.74) is 5.20. The molecule has 0 saturated carbocycles. The quantitative estimate of drug-likeness (QED) is 0.641. The average molecular weight is 394 g/mol. The first-order valence-corrected chi connectivity index (χ1v) is 11.3. The minimum atomic E-state index is 0.770. The zero-order valence-electron chi connectivity index (χ0n) is 18.1. The number of rotatable bonds is 7. The van der Waals surface area contributed by atoms with E-state index >= 15 is 0 Å². The highest BCUT2D eigenvalue weighted by atomic mass is 16.5. The summed E-state index contributed by atoms with van der Waals surface area (Å²) >= 11 is 0. The fraction of sp³-hybridized carbons (Fsp3) is 0.520. The number of aryl methyl sites for hydroxylation is 1. The molecule has 0 atom stereocenters. The number of hydrogen-bond donors (Lipinski definition) is 0. The molecule has 29 heavy (non-hydrogen) atoms. The van der Waals surface area contributed by atoms with Gasteiger partial charge in [0.05, 0.1) is 11.4 Å². The van der Waals surface area contributed by atoms with Gasteiger partial charge in [-0.2, -0.15) is 0 Å². The van der Waals surface area contributed by atoms with Gasteiger partial charge in [-0.05, 0) is 88.0 Å². The minimum absolute atomic E-state index is 0.770. The first-order valence-electron chi connectivity index (χ1n) is 11.3. The van der Waals surface area contributed by atoms with Gasteiger partial charge in [-0.3, -0.25) is 4.90 Å². The Bertz CT molecular complexity index is 777. The average Bonchev–Trinajstić information content (AvgIpc) is 3.28. The second-order valence-corrected chi connectivity index (χ2v) is 8.44. The van der Waals surface area contributed by atoms with Gasteiger partial charge in [-0.15, -0.1) is 0 Å². The molecule has 0 radical (unpaired) electrons. The molecule has 2 aromatic rings. The summed E-state index contributed by atoms with van der Waals surface area (Å²) in [6, 6.07) is 15.3. The SMILES string of the molecule is Cc1cccc(N2CCCCC2)c1N(C)c1ccc(OCCN2CCCC2)cc1. The van der Waals surface area contributed by atoms with Crippen molar-refractivity contribution < 1.29 is 4.74 Å². The molecule has 4 rings (SSSR count). The van der Waals surface area contributed by atoms with Crippen LogP contribution in [0.15, 0.2) is 42.5 Å². The Labute approximate surface area is 176 Å². The van der Waals surface area contributed by atoms with Gasteiger partial charge in [0, 0.05) is 32.4 Å². The van der Waals surface area contributed by atoms with E-state index < -0.39 is 0 Å². The molecule has 0 N–H and O–H groups in total. The number of likely N-dealkylation sites (tertiary alicyclic amines) is 1. The van der Waals surface area contributed by atoms with Crippen molar-refractivity contribution >= 4 is 17.1 Å². The highest BCUT2D eigenvalue weighted by Gasteiger charge is 2.19. The number of anilines is 3. The Balaban J connectivity index is 1.44. The van der Waals surface area contributed by atoms with E-state index in [4.69, 9.17) is 4.74 Å². The van der Waals surface area contributed by atoms with E-state index in [9.17, 15) is 0 Å². The van der Waals surface area contributed by atoms with Crippen molar-refractivity contribution in [1.29, 1.82) is 0 Å². The van der Waals surface area contributed by atoms with Crippen LogP contribution >= 0.6 is 0 Å². The fourth-order valence-electron chi connectivity index (χ4n) is 4.66. The van der Waals surface area contributed by atoms with Crippen LogP contribution in [0.5, 0.6) is 5.75 Å². The smallest absolute Gasteiger partial charge is 0.119 e. The van der Waals surface area contributed by atoms with Crippen molar-refractivity contribution in [3.63, 3.8) is 0 Å². The molecule has 0 aliphatic carbocycles. The van der Waals surface area contributed by atoms with E-state index in [0.717, 1.165) is 32.0 Å². The second kappa shape index (κ2) is 9.53. The first-order chi connectivity index (χ1) is 14.2. The van der Waals surface area contributed by atoms with Gasteiger partial charge in [-0.1, -0.05) is 12.1 Å². The van der Waals surface area contributed by atoms with E-state index in [0.29, 0.717) is 0 Å². The number of para-hydroxylation sites is 1. The zero-order chi connectivity index (χ0) is 20.1. The Kier molecular flexibility index (Phi) is 6.60. The van der Waals surface area contributed by atoms with Crippen LogP contribution in [0.3, 0.4) is 0 Å². The molecule has 2 aliphatic heterocycles. The molecule has 0 spiro atoms. The predicted octanol–water partition coefficient (Wildman–Crippen LogP) is 5.23. The van der Waals surface area contributed by atoms with Crippen LogP contribution in [-0.2, 0) is 0 Å². The molecule has 2 heterocycles. The summed E-state index contributed by atoms with van der Waals surface area (Å²) in [5, 5.41) is 0. The molecule has 2 saturated heterocycles. The third-order valence-corrected chi connectivity index (χ3v) is 6.35. The molecule has 2 fully saturated rings. The number of benzene rings is 2. The summed E-state index contributed by atoms with van der Waals surface area (Å²) in [4.78, 5) is 7.37. The highest BCUT2D eigenvalue weighted by molar-refractivity contribution is 5.80. The lowest BCUT2D eigenvalue weighted by Gasteiger charge is -2.34. The van der Waals surface area contributed by atoms with E-state index in [1.54, 1.807) is 0 Å². The molecule has 0 amide bonds. The lowest BCUT2D eigenvalue weighted by molar-refractivity contribution is 0.238. The van der Waals surface area contributed by atoms with Crippen molar-refractivity contribution in [2.75, 3.05) is 56.2 Å². The normalized spacial score (nSPS) is 17.5. The van der Waals surface area contributed by atoms with Gasteiger partial charge in [-0.25, -0.2) is 0 Å². The standard InChI is InChI=1S/C25H35N3O/c1-21-9-8-10-24(28-17-4-3-5-18-28)25(21)26(2)22-11-13-23(14-12-22)29-20-19-27-15-6-7-16-27/h8-14H,3-7,15-20H2,1-2H3. The lowest BCUT2D eigenvalue weighted by atomic mass is 10.1. The fourth-order valence-corrected chi connectivity index (χ4v) is 4.66. The zero-order valence-corrected chi connectivity index (χ0v) is 18.1. The van der Waals surface area contributed by atoms with Crippen molar-refractivity contribution in [2.24, 2.45) is 0 Å². The summed E-state index contributed by atoms with van der Waals surface area (Å²) in [6.45, 7) is 8.79. The lowest BCUT2D eigenvalue weighted by Crippen LogP contribution is -2.31. The molecule has 0 unspecified atom stereocenters. The Morgan fingerprint density at radius 3 is 2.28 bits per heavy atom. The molecule has 0 aromatic heterocycles. The van der Waals surface area contributed by atoms with Gasteiger partial charge >= 0.3 is 0 Å². The van der Waals surface area contributed by atoms with Crippen molar-refractivity contribution in [2.45, 2.75) is 39.0 Å².